The van der Waals surface area contributed by atoms with Gasteiger partial charge in [-0.25, -0.2) is 0 Å². The molecule has 94 valence electrons. The first-order valence-electron chi connectivity index (χ1n) is 6.71. The molecule has 1 N–H and O–H groups in total. The third kappa shape index (κ3) is 1.83. The lowest BCUT2D eigenvalue weighted by molar-refractivity contribution is -0.140. The Hall–Kier alpha value is -1.06. The number of nitrogens with zero attached hydrogens (tertiary/aromatic N) is 1. The van der Waals surface area contributed by atoms with Crippen molar-refractivity contribution in [3.63, 3.8) is 0 Å². The van der Waals surface area contributed by atoms with Crippen LogP contribution in [0, 0.1) is 17.8 Å². The second-order valence-electron chi connectivity index (χ2n) is 5.71. The molecule has 0 radical (unpaired) electrons. The first-order chi connectivity index (χ1) is 8.18. The molecule has 1 saturated heterocycles. The van der Waals surface area contributed by atoms with Crippen molar-refractivity contribution in [3.05, 3.63) is 0 Å². The minimum atomic E-state index is -0.786. The molecule has 3 unspecified atom stereocenters. The number of carboxylic acid groups (broad SMARTS) is 1. The molecule has 2 aliphatic carbocycles. The average Bonchev–Trinajstić information content (AvgIpc) is 2.70. The Bertz CT molecular complexity index is 345. The average molecular weight is 237 g/mol. The monoisotopic (exact) mass is 237 g/mol. The van der Waals surface area contributed by atoms with Gasteiger partial charge in [0.15, 0.2) is 0 Å². The number of carboxylic acids is 1. The molecule has 0 aromatic heterocycles. The summed E-state index contributed by atoms with van der Waals surface area (Å²) in [7, 11) is 0. The van der Waals surface area contributed by atoms with Gasteiger partial charge in [-0.05, 0) is 37.5 Å². The van der Waals surface area contributed by atoms with Gasteiger partial charge in [0, 0.05) is 18.5 Å². The smallest absolute Gasteiger partial charge is 0.305 e. The van der Waals surface area contributed by atoms with E-state index in [0.717, 1.165) is 19.4 Å². The van der Waals surface area contributed by atoms with Crippen LogP contribution < -0.4 is 0 Å². The third-order valence-corrected chi connectivity index (χ3v) is 4.76. The standard InChI is InChI=1S/C13H19NO3/c15-11(16)7-8-3-2-6-14(8)13(17)12-9-4-1-5-10(9)12/h8-10,12H,1-7H2,(H,15,16). The normalized spacial score (nSPS) is 39.2. The highest BCUT2D eigenvalue weighted by atomic mass is 16.4. The van der Waals surface area contributed by atoms with Crippen LogP contribution in [0.25, 0.3) is 0 Å². The van der Waals surface area contributed by atoms with E-state index in [4.69, 9.17) is 5.11 Å². The quantitative estimate of drug-likeness (QED) is 0.809. The van der Waals surface area contributed by atoms with Gasteiger partial charge in [-0.15, -0.1) is 0 Å². The minimum absolute atomic E-state index is 0.0404. The van der Waals surface area contributed by atoms with Crippen LogP contribution in [0.3, 0.4) is 0 Å². The van der Waals surface area contributed by atoms with Crippen molar-refractivity contribution < 1.29 is 14.7 Å². The minimum Gasteiger partial charge on any atom is -0.481 e. The second kappa shape index (κ2) is 4.00. The summed E-state index contributed by atoms with van der Waals surface area (Å²) in [5.41, 5.74) is 0. The van der Waals surface area contributed by atoms with Gasteiger partial charge in [0.1, 0.15) is 0 Å². The van der Waals surface area contributed by atoms with Gasteiger partial charge in [-0.3, -0.25) is 9.59 Å². The number of rotatable bonds is 3. The van der Waals surface area contributed by atoms with Gasteiger partial charge >= 0.3 is 5.97 Å². The van der Waals surface area contributed by atoms with Gasteiger partial charge in [0.25, 0.3) is 0 Å². The van der Waals surface area contributed by atoms with Crippen molar-refractivity contribution in [2.45, 2.75) is 44.6 Å². The molecular formula is C13H19NO3. The molecule has 3 rings (SSSR count). The zero-order valence-corrected chi connectivity index (χ0v) is 9.97. The topological polar surface area (TPSA) is 57.6 Å². The van der Waals surface area contributed by atoms with E-state index in [9.17, 15) is 9.59 Å². The highest BCUT2D eigenvalue weighted by Crippen LogP contribution is 2.58. The van der Waals surface area contributed by atoms with E-state index >= 15 is 0 Å². The van der Waals surface area contributed by atoms with E-state index in [1.165, 1.54) is 19.3 Å². The van der Waals surface area contributed by atoms with Crippen molar-refractivity contribution in [2.24, 2.45) is 17.8 Å². The zero-order chi connectivity index (χ0) is 12.0. The summed E-state index contributed by atoms with van der Waals surface area (Å²) < 4.78 is 0. The zero-order valence-electron chi connectivity index (χ0n) is 9.97. The van der Waals surface area contributed by atoms with Crippen LogP contribution in [0.15, 0.2) is 0 Å². The molecule has 3 aliphatic rings. The molecule has 4 nitrogen and oxygen atoms in total. The fourth-order valence-corrected chi connectivity index (χ4v) is 3.92. The van der Waals surface area contributed by atoms with Crippen LogP contribution >= 0.6 is 0 Å². The Kier molecular flexibility index (Phi) is 2.60. The van der Waals surface area contributed by atoms with Crippen LogP contribution in [0.2, 0.25) is 0 Å². The lowest BCUT2D eigenvalue weighted by atomic mass is 10.1. The van der Waals surface area contributed by atoms with Crippen LogP contribution in [-0.2, 0) is 9.59 Å². The first kappa shape index (κ1) is 11.1. The van der Waals surface area contributed by atoms with Gasteiger partial charge in [0.2, 0.25) is 5.91 Å². The number of carbonyl (C=O) groups excluding carboxylic acids is 1. The van der Waals surface area contributed by atoms with E-state index in [1.54, 1.807) is 0 Å². The van der Waals surface area contributed by atoms with E-state index in [0.29, 0.717) is 11.8 Å². The molecule has 3 fully saturated rings. The largest absolute Gasteiger partial charge is 0.481 e. The molecule has 1 aliphatic heterocycles. The van der Waals surface area contributed by atoms with E-state index in [2.05, 4.69) is 0 Å². The maximum atomic E-state index is 12.3. The molecule has 1 heterocycles. The number of amides is 1. The predicted molar refractivity (Wildman–Crippen MR) is 61.3 cm³/mol. The number of carbonyl (C=O) groups is 2. The molecular weight excluding hydrogens is 218 g/mol. The van der Waals surface area contributed by atoms with Crippen LogP contribution in [-0.4, -0.2) is 34.5 Å². The van der Waals surface area contributed by atoms with Crippen molar-refractivity contribution in [1.82, 2.24) is 4.90 Å². The van der Waals surface area contributed by atoms with Crippen LogP contribution in [0.4, 0.5) is 0 Å². The summed E-state index contributed by atoms with van der Waals surface area (Å²) in [6, 6.07) is -0.0404. The summed E-state index contributed by atoms with van der Waals surface area (Å²) >= 11 is 0. The van der Waals surface area contributed by atoms with Crippen molar-refractivity contribution >= 4 is 11.9 Å². The maximum absolute atomic E-state index is 12.3. The molecule has 3 atom stereocenters. The number of fused-ring (bicyclic) bond motifs is 1. The Balaban J connectivity index is 1.63. The SMILES string of the molecule is O=C(O)CC1CCCN1C(=O)C1C2CCCC21. The Morgan fingerprint density at radius 3 is 2.47 bits per heavy atom. The number of aliphatic carboxylic acids is 1. The van der Waals surface area contributed by atoms with Crippen molar-refractivity contribution in [1.29, 1.82) is 0 Å². The predicted octanol–water partition coefficient (Wildman–Crippen LogP) is 1.50. The fourth-order valence-electron chi connectivity index (χ4n) is 3.92. The van der Waals surface area contributed by atoms with E-state index in [1.807, 2.05) is 4.90 Å². The van der Waals surface area contributed by atoms with Crippen LogP contribution in [0.5, 0.6) is 0 Å². The first-order valence-corrected chi connectivity index (χ1v) is 6.71. The lowest BCUT2D eigenvalue weighted by Crippen LogP contribution is -2.38. The van der Waals surface area contributed by atoms with Crippen LogP contribution in [0.1, 0.15) is 38.5 Å². The second-order valence-corrected chi connectivity index (χ2v) is 5.71. The molecule has 4 heteroatoms. The van der Waals surface area contributed by atoms with Gasteiger partial charge < -0.3 is 10.0 Å². The highest BCUT2D eigenvalue weighted by molar-refractivity contribution is 5.83. The molecule has 17 heavy (non-hydrogen) atoms. The Labute approximate surface area is 101 Å². The Morgan fingerprint density at radius 1 is 1.12 bits per heavy atom. The van der Waals surface area contributed by atoms with Crippen molar-refractivity contribution in [2.75, 3.05) is 6.54 Å². The highest BCUT2D eigenvalue weighted by Gasteiger charge is 2.58. The lowest BCUT2D eigenvalue weighted by Gasteiger charge is -2.24. The van der Waals surface area contributed by atoms with Gasteiger partial charge in [0.05, 0.1) is 6.42 Å². The molecule has 0 spiro atoms. The molecule has 0 bridgehead atoms. The summed E-state index contributed by atoms with van der Waals surface area (Å²) in [6.45, 7) is 0.771. The van der Waals surface area contributed by atoms with Crippen molar-refractivity contribution in [3.8, 4) is 0 Å². The molecule has 2 saturated carbocycles. The number of hydrogen-bond acceptors (Lipinski definition) is 2. The molecule has 0 aromatic rings. The van der Waals surface area contributed by atoms with E-state index < -0.39 is 5.97 Å². The van der Waals surface area contributed by atoms with Gasteiger partial charge in [-0.1, -0.05) is 6.42 Å². The number of likely N-dealkylation sites (tertiary alicyclic amines) is 1. The third-order valence-electron chi connectivity index (χ3n) is 4.76. The Morgan fingerprint density at radius 2 is 1.82 bits per heavy atom. The summed E-state index contributed by atoms with van der Waals surface area (Å²) in [5.74, 6) is 0.981. The molecule has 1 amide bonds. The fraction of sp³-hybridized carbons (Fsp3) is 0.846. The maximum Gasteiger partial charge on any atom is 0.305 e. The van der Waals surface area contributed by atoms with Gasteiger partial charge in [-0.2, -0.15) is 0 Å². The summed E-state index contributed by atoms with van der Waals surface area (Å²) in [5, 5.41) is 8.85. The number of hydrogen-bond donors (Lipinski definition) is 1. The van der Waals surface area contributed by atoms with E-state index in [-0.39, 0.29) is 24.3 Å². The summed E-state index contributed by atoms with van der Waals surface area (Å²) in [4.78, 5) is 25.0. The molecule has 0 aromatic carbocycles. The summed E-state index contributed by atoms with van der Waals surface area (Å²) in [6.07, 6.45) is 5.63.